The summed E-state index contributed by atoms with van der Waals surface area (Å²) in [4.78, 5) is 14.3. The minimum Gasteiger partial charge on any atom is -0.274 e. The summed E-state index contributed by atoms with van der Waals surface area (Å²) in [5.41, 5.74) is 3.58. The van der Waals surface area contributed by atoms with Crippen LogP contribution in [0.3, 0.4) is 0 Å². The largest absolute Gasteiger partial charge is 0.274 e. The Balaban J connectivity index is 1.96. The monoisotopic (exact) mass is 420 g/mol. The average molecular weight is 420 g/mol. The highest BCUT2D eigenvalue weighted by Gasteiger charge is 2.22. The second kappa shape index (κ2) is 6.23. The van der Waals surface area contributed by atoms with Gasteiger partial charge in [-0.2, -0.15) is 10.5 Å². The molecule has 0 fully saturated rings. The standard InChI is InChI=1S/C27H12N6/c28-13-20-21(14-29)32-27-25(30-20)23-17-9-3-1-7-15(17)16-8-2-4-10-18(16)24(23)26-31-19-11-5-6-12-22(19)33(26)27/h1-12H. The summed E-state index contributed by atoms with van der Waals surface area (Å²) in [6, 6.07) is 28.4. The second-order valence-corrected chi connectivity index (χ2v) is 7.92. The first kappa shape index (κ1) is 17.6. The van der Waals surface area contributed by atoms with Crippen molar-refractivity contribution >= 4 is 60.2 Å². The normalized spacial score (nSPS) is 11.6. The fourth-order valence-electron chi connectivity index (χ4n) is 4.93. The SMILES string of the molecule is N#Cc1nc2c3c4ccccc4c4ccccc4c3c3nc4ccccc4n3c2nc1C#N. The maximum Gasteiger partial charge on any atom is 0.179 e. The van der Waals surface area contributed by atoms with E-state index in [2.05, 4.69) is 29.2 Å². The second-order valence-electron chi connectivity index (χ2n) is 7.92. The first-order valence-corrected chi connectivity index (χ1v) is 10.4. The van der Waals surface area contributed by atoms with Crippen LogP contribution < -0.4 is 0 Å². The third-order valence-electron chi connectivity index (χ3n) is 6.26. The van der Waals surface area contributed by atoms with Crippen molar-refractivity contribution in [3.63, 3.8) is 0 Å². The molecule has 0 bridgehead atoms. The van der Waals surface area contributed by atoms with Gasteiger partial charge >= 0.3 is 0 Å². The van der Waals surface area contributed by atoms with Crippen LogP contribution in [0.2, 0.25) is 0 Å². The number of nitriles is 2. The van der Waals surface area contributed by atoms with Gasteiger partial charge in [0.25, 0.3) is 0 Å². The number of imidazole rings is 1. The molecule has 0 aliphatic carbocycles. The van der Waals surface area contributed by atoms with E-state index in [4.69, 9.17) is 9.97 Å². The van der Waals surface area contributed by atoms with Crippen LogP contribution in [0.4, 0.5) is 0 Å². The summed E-state index contributed by atoms with van der Waals surface area (Å²) in [5, 5.41) is 25.4. The predicted octanol–water partition coefficient (Wildman–Crippen LogP) is 5.63. The molecule has 0 aliphatic heterocycles. The van der Waals surface area contributed by atoms with Gasteiger partial charge in [0.15, 0.2) is 17.0 Å². The van der Waals surface area contributed by atoms with Crippen LogP contribution in [0.25, 0.3) is 60.2 Å². The number of nitrogens with zero attached hydrogens (tertiary/aromatic N) is 6. The quantitative estimate of drug-likeness (QED) is 0.296. The average Bonchev–Trinajstić information content (AvgIpc) is 3.27. The molecule has 0 saturated carbocycles. The summed E-state index contributed by atoms with van der Waals surface area (Å²) in [6.07, 6.45) is 0. The number of aromatic nitrogens is 4. The fourth-order valence-corrected chi connectivity index (χ4v) is 4.93. The maximum absolute atomic E-state index is 9.69. The summed E-state index contributed by atoms with van der Waals surface area (Å²) in [6.45, 7) is 0. The van der Waals surface area contributed by atoms with E-state index in [1.807, 2.05) is 65.1 Å². The molecule has 33 heavy (non-hydrogen) atoms. The molecule has 3 aromatic heterocycles. The molecular weight excluding hydrogens is 408 g/mol. The summed E-state index contributed by atoms with van der Waals surface area (Å²) in [5.74, 6) is 0. The van der Waals surface area contributed by atoms with Crippen molar-refractivity contribution in [1.82, 2.24) is 19.4 Å². The molecule has 7 aromatic rings. The van der Waals surface area contributed by atoms with Crippen LogP contribution in [0, 0.1) is 22.7 Å². The van der Waals surface area contributed by atoms with Crippen molar-refractivity contribution in [1.29, 1.82) is 10.5 Å². The molecule has 4 aromatic carbocycles. The predicted molar refractivity (Wildman–Crippen MR) is 128 cm³/mol. The zero-order chi connectivity index (χ0) is 22.1. The molecule has 7 rings (SSSR count). The smallest absolute Gasteiger partial charge is 0.179 e. The third-order valence-corrected chi connectivity index (χ3v) is 6.26. The Morgan fingerprint density at radius 3 is 1.85 bits per heavy atom. The van der Waals surface area contributed by atoms with E-state index in [0.29, 0.717) is 11.2 Å². The zero-order valence-electron chi connectivity index (χ0n) is 17.1. The van der Waals surface area contributed by atoms with Gasteiger partial charge in [0, 0.05) is 10.8 Å². The van der Waals surface area contributed by atoms with Crippen LogP contribution in [0.5, 0.6) is 0 Å². The van der Waals surface area contributed by atoms with E-state index < -0.39 is 0 Å². The van der Waals surface area contributed by atoms with Crippen LogP contribution in [-0.4, -0.2) is 19.4 Å². The first-order chi connectivity index (χ1) is 16.3. The number of benzene rings is 4. The number of pyridine rings is 1. The lowest BCUT2D eigenvalue weighted by Crippen LogP contribution is -2.02. The van der Waals surface area contributed by atoms with Crippen molar-refractivity contribution < 1.29 is 0 Å². The van der Waals surface area contributed by atoms with E-state index in [1.165, 1.54) is 0 Å². The molecule has 150 valence electrons. The Morgan fingerprint density at radius 2 is 1.15 bits per heavy atom. The van der Waals surface area contributed by atoms with Gasteiger partial charge in [-0.15, -0.1) is 0 Å². The molecule has 0 spiro atoms. The van der Waals surface area contributed by atoms with E-state index in [-0.39, 0.29) is 11.4 Å². The molecule has 6 heteroatoms. The van der Waals surface area contributed by atoms with Crippen LogP contribution >= 0.6 is 0 Å². The molecule has 0 saturated heterocycles. The minimum atomic E-state index is 0.00789. The molecule has 0 unspecified atom stereocenters. The lowest BCUT2D eigenvalue weighted by molar-refractivity contribution is 1.15. The number of hydrogen-bond donors (Lipinski definition) is 0. The highest BCUT2D eigenvalue weighted by atomic mass is 15.1. The summed E-state index contributed by atoms with van der Waals surface area (Å²) < 4.78 is 1.96. The van der Waals surface area contributed by atoms with Gasteiger partial charge in [0.05, 0.1) is 11.0 Å². The van der Waals surface area contributed by atoms with Gasteiger partial charge < -0.3 is 0 Å². The Bertz CT molecular complexity index is 2050. The number of fused-ring (bicyclic) bond motifs is 13. The van der Waals surface area contributed by atoms with Gasteiger partial charge in [-0.3, -0.25) is 4.40 Å². The highest BCUT2D eigenvalue weighted by Crippen LogP contribution is 2.41. The Hall–Kier alpha value is -5.07. The number of hydrogen-bond acceptors (Lipinski definition) is 5. The van der Waals surface area contributed by atoms with E-state index >= 15 is 0 Å². The van der Waals surface area contributed by atoms with Crippen molar-refractivity contribution in [2.24, 2.45) is 0 Å². The van der Waals surface area contributed by atoms with Gasteiger partial charge in [0.2, 0.25) is 0 Å². The van der Waals surface area contributed by atoms with Crippen molar-refractivity contribution in [3.05, 3.63) is 84.2 Å². The zero-order valence-corrected chi connectivity index (χ0v) is 17.1. The topological polar surface area (TPSA) is 90.7 Å². The van der Waals surface area contributed by atoms with Crippen LogP contribution in [-0.2, 0) is 0 Å². The number of rotatable bonds is 0. The Morgan fingerprint density at radius 1 is 0.576 bits per heavy atom. The molecule has 0 aliphatic rings. The molecule has 0 radical (unpaired) electrons. The first-order valence-electron chi connectivity index (χ1n) is 10.4. The van der Waals surface area contributed by atoms with E-state index in [9.17, 15) is 10.5 Å². The van der Waals surface area contributed by atoms with Crippen molar-refractivity contribution in [3.8, 4) is 12.1 Å². The molecule has 6 nitrogen and oxygen atoms in total. The van der Waals surface area contributed by atoms with E-state index in [1.54, 1.807) is 0 Å². The third kappa shape index (κ3) is 2.16. The lowest BCUT2D eigenvalue weighted by Gasteiger charge is -2.14. The number of para-hydroxylation sites is 2. The Kier molecular flexibility index (Phi) is 3.32. The fraction of sp³-hybridized carbons (Fsp3) is 0. The van der Waals surface area contributed by atoms with Crippen LogP contribution in [0.15, 0.2) is 72.8 Å². The molecule has 0 N–H and O–H groups in total. The van der Waals surface area contributed by atoms with Crippen molar-refractivity contribution in [2.45, 2.75) is 0 Å². The Labute approximate surface area is 186 Å². The summed E-state index contributed by atoms with van der Waals surface area (Å²) in [7, 11) is 0. The molecule has 0 atom stereocenters. The maximum atomic E-state index is 9.69. The van der Waals surface area contributed by atoms with Crippen LogP contribution in [0.1, 0.15) is 11.4 Å². The molecule has 3 heterocycles. The van der Waals surface area contributed by atoms with Gasteiger partial charge in [0.1, 0.15) is 23.3 Å². The van der Waals surface area contributed by atoms with Gasteiger partial charge in [-0.05, 0) is 33.7 Å². The minimum absolute atomic E-state index is 0.00789. The van der Waals surface area contributed by atoms with Crippen molar-refractivity contribution in [2.75, 3.05) is 0 Å². The summed E-state index contributed by atoms with van der Waals surface area (Å²) >= 11 is 0. The van der Waals surface area contributed by atoms with Gasteiger partial charge in [-0.25, -0.2) is 15.0 Å². The molecule has 0 amide bonds. The van der Waals surface area contributed by atoms with Gasteiger partial charge in [-0.1, -0.05) is 60.7 Å². The highest BCUT2D eigenvalue weighted by molar-refractivity contribution is 6.33. The molecular formula is C27H12N6. The lowest BCUT2D eigenvalue weighted by atomic mass is 9.94. The van der Waals surface area contributed by atoms with E-state index in [0.717, 1.165) is 49.0 Å².